The smallest absolute Gasteiger partial charge is 0.119 e. The lowest BCUT2D eigenvalue weighted by Gasteiger charge is -2.45. The lowest BCUT2D eigenvalue weighted by atomic mass is 9.78. The number of fused-ring (bicyclic) bond motifs is 5. The minimum atomic E-state index is 0.312. The van der Waals surface area contributed by atoms with Crippen molar-refractivity contribution in [2.24, 2.45) is 11.8 Å². The van der Waals surface area contributed by atoms with E-state index in [1.54, 1.807) is 7.11 Å². The van der Waals surface area contributed by atoms with Gasteiger partial charge >= 0.3 is 0 Å². The van der Waals surface area contributed by atoms with E-state index in [0.717, 1.165) is 38.1 Å². The van der Waals surface area contributed by atoms with Gasteiger partial charge in [0.1, 0.15) is 5.75 Å². The summed E-state index contributed by atoms with van der Waals surface area (Å²) in [6.45, 7) is 4.80. The van der Waals surface area contributed by atoms with Gasteiger partial charge in [-0.25, -0.2) is 0 Å². The molecule has 0 bridgehead atoms. The van der Waals surface area contributed by atoms with Crippen LogP contribution in [-0.2, 0) is 6.42 Å². The fraction of sp³-hybridized carbons (Fsp3) is 0.579. The average molecular weight is 314 g/mol. The highest BCUT2D eigenvalue weighted by atomic mass is 16.5. The minimum Gasteiger partial charge on any atom is -0.497 e. The number of ether oxygens (including phenoxy) is 1. The van der Waals surface area contributed by atoms with E-state index < -0.39 is 0 Å². The maximum atomic E-state index is 9.79. The number of nitrogens with zero attached hydrogens (tertiary/aromatic N) is 1. The van der Waals surface area contributed by atoms with E-state index in [1.165, 1.54) is 22.2 Å². The van der Waals surface area contributed by atoms with Gasteiger partial charge in [0.2, 0.25) is 0 Å². The fourth-order valence-corrected chi connectivity index (χ4v) is 4.62. The summed E-state index contributed by atoms with van der Waals surface area (Å²) in [5, 5.41) is 11.1. The number of aromatic amines is 1. The van der Waals surface area contributed by atoms with Crippen molar-refractivity contribution in [1.29, 1.82) is 0 Å². The number of aliphatic hydroxyl groups excluding tert-OH is 1. The topological polar surface area (TPSA) is 48.5 Å². The summed E-state index contributed by atoms with van der Waals surface area (Å²) in [5.41, 5.74) is 4.02. The third-order valence-electron chi connectivity index (χ3n) is 5.99. The first kappa shape index (κ1) is 15.0. The van der Waals surface area contributed by atoms with Crippen LogP contribution in [0, 0.1) is 11.8 Å². The normalized spacial score (nSPS) is 27.7. The van der Waals surface area contributed by atoms with Crippen molar-refractivity contribution in [3.63, 3.8) is 0 Å². The number of piperidine rings is 1. The second-order valence-electron chi connectivity index (χ2n) is 7.04. The summed E-state index contributed by atoms with van der Waals surface area (Å²) >= 11 is 0. The number of H-pyrrole nitrogens is 1. The van der Waals surface area contributed by atoms with Crippen LogP contribution in [0.3, 0.4) is 0 Å². The van der Waals surface area contributed by atoms with E-state index in [9.17, 15) is 5.11 Å². The van der Waals surface area contributed by atoms with E-state index in [-0.39, 0.29) is 0 Å². The van der Waals surface area contributed by atoms with Crippen molar-refractivity contribution in [1.82, 2.24) is 9.88 Å². The number of methoxy groups -OCH3 is 1. The van der Waals surface area contributed by atoms with Gasteiger partial charge in [0.15, 0.2) is 0 Å². The molecule has 23 heavy (non-hydrogen) atoms. The number of hydrogen-bond donors (Lipinski definition) is 2. The van der Waals surface area contributed by atoms with E-state index >= 15 is 0 Å². The molecule has 2 N–H and O–H groups in total. The first-order valence-electron chi connectivity index (χ1n) is 8.78. The molecule has 4 nitrogen and oxygen atoms in total. The molecule has 1 fully saturated rings. The first-order chi connectivity index (χ1) is 11.2. The number of rotatable bonds is 3. The molecule has 1 saturated heterocycles. The van der Waals surface area contributed by atoms with Crippen molar-refractivity contribution in [3.8, 4) is 5.75 Å². The molecule has 4 rings (SSSR count). The highest BCUT2D eigenvalue weighted by molar-refractivity contribution is 5.86. The summed E-state index contributed by atoms with van der Waals surface area (Å²) in [6, 6.07) is 6.73. The van der Waals surface area contributed by atoms with E-state index in [1.807, 2.05) is 6.07 Å². The van der Waals surface area contributed by atoms with Crippen LogP contribution in [0.2, 0.25) is 0 Å². The number of aromatic nitrogens is 1. The Morgan fingerprint density at radius 3 is 2.96 bits per heavy atom. The van der Waals surface area contributed by atoms with Crippen molar-refractivity contribution in [2.75, 3.05) is 26.8 Å². The monoisotopic (exact) mass is 314 g/mol. The Balaban J connectivity index is 1.74. The number of benzene rings is 1. The molecule has 1 aromatic carbocycles. The van der Waals surface area contributed by atoms with Gasteiger partial charge < -0.3 is 14.8 Å². The standard InChI is InChI=1S/C19H26N2O2/c1-3-12-10-21-7-6-15-16-9-14(23-2)4-5-17(16)20-19(15)18(21)8-13(12)11-22/h4-5,9,12-13,18,20,22H,3,6-8,10-11H2,1-2H3. The summed E-state index contributed by atoms with van der Waals surface area (Å²) in [7, 11) is 1.72. The van der Waals surface area contributed by atoms with Crippen LogP contribution in [0.25, 0.3) is 10.9 Å². The number of nitrogens with one attached hydrogen (secondary N) is 1. The Labute approximate surface area is 137 Å². The molecule has 0 aliphatic carbocycles. The van der Waals surface area contributed by atoms with Gasteiger partial charge in [0, 0.05) is 36.3 Å². The Morgan fingerprint density at radius 2 is 2.22 bits per heavy atom. The van der Waals surface area contributed by atoms with Crippen molar-refractivity contribution in [2.45, 2.75) is 32.2 Å². The molecule has 0 amide bonds. The molecule has 0 spiro atoms. The van der Waals surface area contributed by atoms with Crippen molar-refractivity contribution < 1.29 is 9.84 Å². The Bertz CT molecular complexity index is 709. The minimum absolute atomic E-state index is 0.312. The second kappa shape index (κ2) is 5.84. The molecular weight excluding hydrogens is 288 g/mol. The molecule has 0 radical (unpaired) electrons. The molecule has 3 heterocycles. The third kappa shape index (κ3) is 2.36. The highest BCUT2D eigenvalue weighted by Crippen LogP contribution is 2.43. The van der Waals surface area contributed by atoms with Gasteiger partial charge in [-0.2, -0.15) is 0 Å². The van der Waals surface area contributed by atoms with Gasteiger partial charge in [-0.3, -0.25) is 4.90 Å². The van der Waals surface area contributed by atoms with E-state index in [0.29, 0.717) is 24.5 Å². The van der Waals surface area contributed by atoms with Gasteiger partial charge in [-0.05, 0) is 48.4 Å². The maximum absolute atomic E-state index is 9.79. The summed E-state index contributed by atoms with van der Waals surface area (Å²) in [6.07, 6.45) is 3.32. The summed E-state index contributed by atoms with van der Waals surface area (Å²) in [5.74, 6) is 1.97. The molecule has 2 aromatic rings. The van der Waals surface area contributed by atoms with Gasteiger partial charge in [-0.1, -0.05) is 13.3 Å². The molecule has 2 aliphatic heterocycles. The number of hydrogen-bond acceptors (Lipinski definition) is 3. The van der Waals surface area contributed by atoms with Crippen LogP contribution in [0.15, 0.2) is 18.2 Å². The van der Waals surface area contributed by atoms with Gasteiger partial charge in [0.05, 0.1) is 13.2 Å². The van der Waals surface area contributed by atoms with Gasteiger partial charge in [0.25, 0.3) is 0 Å². The zero-order valence-electron chi connectivity index (χ0n) is 14.0. The lowest BCUT2D eigenvalue weighted by molar-refractivity contribution is 0.0242. The largest absolute Gasteiger partial charge is 0.497 e. The van der Waals surface area contributed by atoms with Gasteiger partial charge in [-0.15, -0.1) is 0 Å². The van der Waals surface area contributed by atoms with Crippen LogP contribution in [0.5, 0.6) is 5.75 Å². The summed E-state index contributed by atoms with van der Waals surface area (Å²) < 4.78 is 5.40. The molecule has 3 atom stereocenters. The predicted octanol–water partition coefficient (Wildman–Crippen LogP) is 3.11. The average Bonchev–Trinajstić information content (AvgIpc) is 2.98. The molecule has 1 aromatic heterocycles. The SMILES string of the molecule is CCC1CN2CCc3c([nH]c4ccc(OC)cc34)C2CC1CO. The molecule has 2 aliphatic rings. The van der Waals surface area contributed by atoms with Crippen LogP contribution in [0.4, 0.5) is 0 Å². The Kier molecular flexibility index (Phi) is 3.82. The number of aliphatic hydroxyl groups is 1. The molecule has 0 saturated carbocycles. The van der Waals surface area contributed by atoms with Crippen LogP contribution < -0.4 is 4.74 Å². The molecular formula is C19H26N2O2. The molecule has 3 unspecified atom stereocenters. The Morgan fingerprint density at radius 1 is 1.35 bits per heavy atom. The van der Waals surface area contributed by atoms with E-state index in [2.05, 4.69) is 28.9 Å². The lowest BCUT2D eigenvalue weighted by Crippen LogP contribution is -2.46. The Hall–Kier alpha value is -1.52. The fourth-order valence-electron chi connectivity index (χ4n) is 4.62. The zero-order valence-corrected chi connectivity index (χ0v) is 14.0. The zero-order chi connectivity index (χ0) is 16.0. The quantitative estimate of drug-likeness (QED) is 0.915. The van der Waals surface area contributed by atoms with Crippen molar-refractivity contribution >= 4 is 10.9 Å². The summed E-state index contributed by atoms with van der Waals surface area (Å²) in [4.78, 5) is 6.29. The van der Waals surface area contributed by atoms with Crippen molar-refractivity contribution in [3.05, 3.63) is 29.5 Å². The predicted molar refractivity (Wildman–Crippen MR) is 91.8 cm³/mol. The van der Waals surface area contributed by atoms with Crippen LogP contribution in [-0.4, -0.2) is 41.8 Å². The van der Waals surface area contributed by atoms with Crippen LogP contribution in [0.1, 0.15) is 37.1 Å². The van der Waals surface area contributed by atoms with E-state index in [4.69, 9.17) is 4.74 Å². The molecule has 124 valence electrons. The first-order valence-corrected chi connectivity index (χ1v) is 8.78. The molecule has 4 heteroatoms. The second-order valence-corrected chi connectivity index (χ2v) is 7.04. The third-order valence-corrected chi connectivity index (χ3v) is 5.99. The highest BCUT2D eigenvalue weighted by Gasteiger charge is 2.39. The maximum Gasteiger partial charge on any atom is 0.119 e. The van der Waals surface area contributed by atoms with Crippen LogP contribution >= 0.6 is 0 Å².